The van der Waals surface area contributed by atoms with E-state index in [1.807, 2.05) is 12.1 Å². The van der Waals surface area contributed by atoms with Gasteiger partial charge in [-0.3, -0.25) is 20.0 Å². The van der Waals surface area contributed by atoms with Crippen molar-refractivity contribution in [2.45, 2.75) is 32.2 Å². The fraction of sp³-hybridized carbons (Fsp3) is 0.333. The average Bonchev–Trinajstić information content (AvgIpc) is 2.91. The minimum Gasteiger partial charge on any atom is -0.382 e. The van der Waals surface area contributed by atoms with Crippen molar-refractivity contribution in [1.82, 2.24) is 20.2 Å². The third kappa shape index (κ3) is 7.18. The quantitative estimate of drug-likeness (QED) is 0.263. The second kappa shape index (κ2) is 12.0. The number of benzene rings is 2. The highest BCUT2D eigenvalue weighted by Crippen LogP contribution is 2.37. The average molecular weight is 521 g/mol. The number of amides is 1. The Hall–Kier alpha value is -3.69. The third-order valence-electron chi connectivity index (χ3n) is 6.90. The van der Waals surface area contributed by atoms with E-state index in [-0.39, 0.29) is 33.9 Å². The van der Waals surface area contributed by atoms with Gasteiger partial charge in [0.05, 0.1) is 0 Å². The maximum atomic E-state index is 12.6. The molecular weight excluding hydrogens is 488 g/mol. The summed E-state index contributed by atoms with van der Waals surface area (Å²) in [6.07, 6.45) is 3.91. The summed E-state index contributed by atoms with van der Waals surface area (Å²) in [5.74, 6) is -0.803. The van der Waals surface area contributed by atoms with E-state index in [0.717, 1.165) is 45.3 Å². The van der Waals surface area contributed by atoms with Gasteiger partial charge in [0, 0.05) is 13.1 Å². The lowest BCUT2D eigenvalue weighted by Gasteiger charge is -2.41. The molecule has 7 N–H and O–H groups in total. The number of anilines is 2. The van der Waals surface area contributed by atoms with Crippen LogP contribution in [-0.2, 0) is 13.0 Å². The fourth-order valence-corrected chi connectivity index (χ4v) is 4.77. The van der Waals surface area contributed by atoms with Crippen LogP contribution in [0.25, 0.3) is 0 Å². The number of hydrogen-bond acceptors (Lipinski definition) is 7. The first kappa shape index (κ1) is 26.4. The van der Waals surface area contributed by atoms with E-state index in [1.54, 1.807) is 0 Å². The van der Waals surface area contributed by atoms with E-state index < -0.39 is 5.91 Å². The lowest BCUT2D eigenvalue weighted by molar-refractivity contribution is 0.0958. The van der Waals surface area contributed by atoms with Crippen molar-refractivity contribution in [3.63, 3.8) is 0 Å². The molecule has 4 rings (SSSR count). The van der Waals surface area contributed by atoms with Crippen LogP contribution in [0.3, 0.4) is 0 Å². The molecule has 10 heteroatoms. The normalized spacial score (nSPS) is 15.9. The van der Waals surface area contributed by atoms with E-state index in [4.69, 9.17) is 28.8 Å². The molecular formula is C27H33ClN8O. The smallest absolute Gasteiger partial charge is 0.280 e. The maximum Gasteiger partial charge on any atom is 0.280 e. The van der Waals surface area contributed by atoms with Crippen molar-refractivity contribution >= 4 is 35.1 Å². The van der Waals surface area contributed by atoms with E-state index in [2.05, 4.69) is 73.7 Å². The lowest BCUT2D eigenvalue weighted by Crippen LogP contribution is -2.43. The molecule has 1 aromatic heterocycles. The Balaban J connectivity index is 1.43. The molecule has 3 aromatic rings. The summed E-state index contributed by atoms with van der Waals surface area (Å²) in [5.41, 5.74) is 19.9. The van der Waals surface area contributed by atoms with E-state index >= 15 is 0 Å². The van der Waals surface area contributed by atoms with Crippen LogP contribution < -0.4 is 22.5 Å². The minimum absolute atomic E-state index is 0.00458. The Bertz CT molecular complexity index is 1230. The molecule has 1 aliphatic rings. The molecule has 37 heavy (non-hydrogen) atoms. The topological polar surface area (TPSA) is 149 Å². The molecule has 2 aromatic carbocycles. The van der Waals surface area contributed by atoms with Crippen LogP contribution in [0, 0.1) is 5.41 Å². The molecule has 194 valence electrons. The van der Waals surface area contributed by atoms with Gasteiger partial charge in [0.1, 0.15) is 0 Å². The number of guanidine groups is 1. The number of halogens is 1. The molecule has 0 unspecified atom stereocenters. The largest absolute Gasteiger partial charge is 0.382 e. The first-order valence-corrected chi connectivity index (χ1v) is 12.7. The van der Waals surface area contributed by atoms with E-state index in [9.17, 15) is 4.79 Å². The number of aromatic nitrogens is 2. The standard InChI is InChI=1S/C27H33ClN8O/c28-22-24(30)34-23(29)21(33-22)25(37)35-26(31)32-18-27(12-11-19-7-3-1-4-8-19)13-15-36(16-14-27)17-20-9-5-2-6-10-20/h1-10H,11-18H2,(H4,29,30,34)(H3,31,32,35,37). The van der Waals surface area contributed by atoms with Gasteiger partial charge in [0.25, 0.3) is 5.91 Å². The Morgan fingerprint density at radius 3 is 2.24 bits per heavy atom. The third-order valence-corrected chi connectivity index (χ3v) is 7.18. The summed E-state index contributed by atoms with van der Waals surface area (Å²) in [4.78, 5) is 27.5. The molecule has 0 spiro atoms. The summed E-state index contributed by atoms with van der Waals surface area (Å²) in [5, 5.41) is 2.45. The number of aliphatic imine (C=N–C) groups is 1. The lowest BCUT2D eigenvalue weighted by atomic mass is 9.74. The predicted molar refractivity (Wildman–Crippen MR) is 148 cm³/mol. The number of nitrogens with two attached hydrogens (primary N) is 3. The minimum atomic E-state index is -0.635. The maximum absolute atomic E-state index is 12.6. The Labute approximate surface area is 222 Å². The zero-order chi connectivity index (χ0) is 26.3. The van der Waals surface area contributed by atoms with Crippen LogP contribution in [0.1, 0.15) is 40.9 Å². The highest BCUT2D eigenvalue weighted by Gasteiger charge is 2.34. The van der Waals surface area contributed by atoms with Crippen molar-refractivity contribution in [1.29, 1.82) is 0 Å². The Morgan fingerprint density at radius 2 is 1.59 bits per heavy atom. The van der Waals surface area contributed by atoms with Gasteiger partial charge in [0.15, 0.2) is 28.4 Å². The Morgan fingerprint density at radius 1 is 0.973 bits per heavy atom. The summed E-state index contributed by atoms with van der Waals surface area (Å²) >= 11 is 5.90. The molecule has 0 radical (unpaired) electrons. The van der Waals surface area contributed by atoms with Crippen LogP contribution in [0.15, 0.2) is 65.7 Å². The Kier molecular flexibility index (Phi) is 8.58. The van der Waals surface area contributed by atoms with Gasteiger partial charge in [-0.25, -0.2) is 9.97 Å². The van der Waals surface area contributed by atoms with Crippen molar-refractivity contribution in [2.75, 3.05) is 31.1 Å². The van der Waals surface area contributed by atoms with Gasteiger partial charge in [-0.05, 0) is 55.3 Å². The van der Waals surface area contributed by atoms with Gasteiger partial charge in [-0.2, -0.15) is 0 Å². The van der Waals surface area contributed by atoms with Crippen LogP contribution in [-0.4, -0.2) is 46.4 Å². The predicted octanol–water partition coefficient (Wildman–Crippen LogP) is 3.25. The molecule has 0 aliphatic carbocycles. The number of piperidine rings is 1. The number of nitrogen functional groups attached to an aromatic ring is 2. The van der Waals surface area contributed by atoms with Gasteiger partial charge >= 0.3 is 0 Å². The van der Waals surface area contributed by atoms with Crippen LogP contribution in [0.2, 0.25) is 5.15 Å². The number of rotatable bonds is 8. The zero-order valence-corrected chi connectivity index (χ0v) is 21.5. The summed E-state index contributed by atoms with van der Waals surface area (Å²) in [7, 11) is 0. The number of likely N-dealkylation sites (tertiary alicyclic amines) is 1. The van der Waals surface area contributed by atoms with Gasteiger partial charge in [-0.15, -0.1) is 0 Å². The molecule has 0 atom stereocenters. The number of carbonyl (C=O) groups excluding carboxylic acids is 1. The van der Waals surface area contributed by atoms with Crippen LogP contribution >= 0.6 is 11.6 Å². The SMILES string of the molecule is NC(=NCC1(CCc2ccccc2)CCN(Cc2ccccc2)CC1)NC(=O)c1nc(Cl)c(N)nc1N. The van der Waals surface area contributed by atoms with E-state index in [0.29, 0.717) is 6.54 Å². The fourth-order valence-electron chi connectivity index (χ4n) is 4.65. The van der Waals surface area contributed by atoms with E-state index in [1.165, 1.54) is 11.1 Å². The van der Waals surface area contributed by atoms with Crippen LogP contribution in [0.4, 0.5) is 11.6 Å². The molecule has 0 saturated carbocycles. The van der Waals surface area contributed by atoms with Crippen molar-refractivity contribution in [3.8, 4) is 0 Å². The number of aryl methyl sites for hydroxylation is 1. The summed E-state index contributed by atoms with van der Waals surface area (Å²) in [6.45, 7) is 3.39. The monoisotopic (exact) mass is 520 g/mol. The highest BCUT2D eigenvalue weighted by molar-refractivity contribution is 6.31. The molecule has 0 bridgehead atoms. The first-order valence-electron chi connectivity index (χ1n) is 12.3. The molecule has 1 aliphatic heterocycles. The zero-order valence-electron chi connectivity index (χ0n) is 20.7. The highest BCUT2D eigenvalue weighted by atomic mass is 35.5. The second-order valence-corrected chi connectivity index (χ2v) is 9.89. The molecule has 1 amide bonds. The van der Waals surface area contributed by atoms with Gasteiger partial charge in [0.2, 0.25) is 0 Å². The summed E-state index contributed by atoms with van der Waals surface area (Å²) < 4.78 is 0. The number of nitrogens with zero attached hydrogens (tertiary/aromatic N) is 4. The van der Waals surface area contributed by atoms with Crippen LogP contribution in [0.5, 0.6) is 0 Å². The molecule has 1 fully saturated rings. The summed E-state index contributed by atoms with van der Waals surface area (Å²) in [6, 6.07) is 21.0. The number of carbonyl (C=O) groups is 1. The number of hydrogen-bond donors (Lipinski definition) is 4. The van der Waals surface area contributed by atoms with Gasteiger partial charge in [-0.1, -0.05) is 72.3 Å². The van der Waals surface area contributed by atoms with Crippen molar-refractivity contribution in [3.05, 3.63) is 82.6 Å². The van der Waals surface area contributed by atoms with Crippen molar-refractivity contribution < 1.29 is 4.79 Å². The molecule has 9 nitrogen and oxygen atoms in total. The van der Waals surface area contributed by atoms with Crippen molar-refractivity contribution in [2.24, 2.45) is 16.1 Å². The molecule has 2 heterocycles. The second-order valence-electron chi connectivity index (χ2n) is 9.54. The van der Waals surface area contributed by atoms with Gasteiger partial charge < -0.3 is 17.2 Å². The number of nitrogens with one attached hydrogen (secondary N) is 1. The molecule has 1 saturated heterocycles. The first-order chi connectivity index (χ1) is 17.8.